The summed E-state index contributed by atoms with van der Waals surface area (Å²) in [5.41, 5.74) is 17.3. The number of nitrogens with two attached hydrogens (primary N) is 3. The van der Waals surface area contributed by atoms with Gasteiger partial charge in [-0.3, -0.25) is 4.90 Å². The fourth-order valence-electron chi connectivity index (χ4n) is 1.74. The fourth-order valence-corrected chi connectivity index (χ4v) is 1.74. The average molecular weight is 261 g/mol. The summed E-state index contributed by atoms with van der Waals surface area (Å²) in [6.07, 6.45) is 0. The third kappa shape index (κ3) is 3.12. The van der Waals surface area contributed by atoms with Crippen molar-refractivity contribution in [2.24, 2.45) is 27.2 Å². The second-order valence-electron chi connectivity index (χ2n) is 3.91. The van der Waals surface area contributed by atoms with Crippen LogP contribution in [-0.2, 0) is 0 Å². The van der Waals surface area contributed by atoms with E-state index in [1.54, 1.807) is 23.1 Å². The number of hydrogen-bond donors (Lipinski definition) is 4. The maximum atomic E-state index is 11.6. The molecule has 2 amide bonds. The van der Waals surface area contributed by atoms with Crippen LogP contribution in [0.25, 0.3) is 0 Å². The first-order chi connectivity index (χ1) is 9.06. The Hall–Kier alpha value is -2.77. The lowest BCUT2D eigenvalue weighted by Crippen LogP contribution is -2.27. The van der Waals surface area contributed by atoms with E-state index in [-0.39, 0.29) is 18.0 Å². The van der Waals surface area contributed by atoms with E-state index in [4.69, 9.17) is 17.2 Å². The number of hydrogen-bond acceptors (Lipinski definition) is 2. The van der Waals surface area contributed by atoms with Gasteiger partial charge in [0.25, 0.3) is 0 Å². The van der Waals surface area contributed by atoms with Gasteiger partial charge >= 0.3 is 6.03 Å². The molecule has 19 heavy (non-hydrogen) atoms. The van der Waals surface area contributed by atoms with E-state index >= 15 is 0 Å². The molecule has 0 bridgehead atoms. The second kappa shape index (κ2) is 5.25. The lowest BCUT2D eigenvalue weighted by atomic mass is 10.2. The summed E-state index contributed by atoms with van der Waals surface area (Å²) in [6.45, 7) is 1.25. The summed E-state index contributed by atoms with van der Waals surface area (Å²) >= 11 is 0. The molecule has 0 aliphatic carbocycles. The van der Waals surface area contributed by atoms with E-state index in [9.17, 15) is 4.79 Å². The van der Waals surface area contributed by atoms with Crippen LogP contribution >= 0.6 is 0 Å². The standard InChI is InChI=1S/C11H15N7O/c12-9(13)17-10(14)16-7-2-1-3-8(6-7)18-5-4-15-11(18)19/h1-3,6H,4-5H2,(H,15,19)(H6,12,13,14,16,17). The van der Waals surface area contributed by atoms with Crippen LogP contribution in [0.15, 0.2) is 34.3 Å². The Morgan fingerprint density at radius 2 is 2.11 bits per heavy atom. The van der Waals surface area contributed by atoms with Gasteiger partial charge < -0.3 is 22.5 Å². The Balaban J connectivity index is 2.25. The van der Waals surface area contributed by atoms with Crippen LogP contribution in [-0.4, -0.2) is 31.0 Å². The zero-order valence-corrected chi connectivity index (χ0v) is 10.2. The second-order valence-corrected chi connectivity index (χ2v) is 3.91. The molecule has 8 heteroatoms. The zero-order valence-electron chi connectivity index (χ0n) is 10.2. The fraction of sp³-hybridized carbons (Fsp3) is 0.182. The largest absolute Gasteiger partial charge is 0.370 e. The molecular formula is C11H15N7O. The van der Waals surface area contributed by atoms with Gasteiger partial charge in [0, 0.05) is 18.8 Å². The summed E-state index contributed by atoms with van der Waals surface area (Å²) in [4.78, 5) is 20.8. The minimum atomic E-state index is -0.156. The molecule has 1 fully saturated rings. The van der Waals surface area contributed by atoms with Crippen LogP contribution in [0, 0.1) is 0 Å². The van der Waals surface area contributed by atoms with Crippen LogP contribution in [0.3, 0.4) is 0 Å². The Bertz CT molecular complexity index is 548. The van der Waals surface area contributed by atoms with Crippen LogP contribution < -0.4 is 27.4 Å². The highest BCUT2D eigenvalue weighted by Crippen LogP contribution is 2.22. The van der Waals surface area contributed by atoms with Crippen LogP contribution in [0.4, 0.5) is 16.2 Å². The quantitative estimate of drug-likeness (QED) is 0.419. The Kier molecular flexibility index (Phi) is 3.51. The van der Waals surface area contributed by atoms with Crippen LogP contribution in [0.1, 0.15) is 0 Å². The molecule has 1 aromatic rings. The maximum absolute atomic E-state index is 11.6. The number of amides is 2. The maximum Gasteiger partial charge on any atom is 0.321 e. The minimum Gasteiger partial charge on any atom is -0.370 e. The van der Waals surface area contributed by atoms with Gasteiger partial charge in [0.2, 0.25) is 5.96 Å². The van der Waals surface area contributed by atoms with Crippen molar-refractivity contribution in [3.63, 3.8) is 0 Å². The van der Waals surface area contributed by atoms with E-state index < -0.39 is 0 Å². The molecule has 0 aromatic heterocycles. The highest BCUT2D eigenvalue weighted by molar-refractivity contribution is 5.95. The molecule has 1 heterocycles. The third-order valence-electron chi connectivity index (χ3n) is 2.49. The lowest BCUT2D eigenvalue weighted by molar-refractivity contribution is 0.252. The predicted molar refractivity (Wildman–Crippen MR) is 74.3 cm³/mol. The lowest BCUT2D eigenvalue weighted by Gasteiger charge is -2.14. The number of urea groups is 1. The normalized spacial score (nSPS) is 15.3. The summed E-state index contributed by atoms with van der Waals surface area (Å²) < 4.78 is 0. The van der Waals surface area contributed by atoms with Gasteiger partial charge in [-0.2, -0.15) is 4.99 Å². The van der Waals surface area contributed by atoms with Gasteiger partial charge in [0.15, 0.2) is 5.96 Å². The first kappa shape index (κ1) is 12.7. The predicted octanol–water partition coefficient (Wildman–Crippen LogP) is -0.564. The van der Waals surface area contributed by atoms with Gasteiger partial charge in [-0.05, 0) is 18.2 Å². The van der Waals surface area contributed by atoms with Gasteiger partial charge in [0.1, 0.15) is 0 Å². The molecule has 1 aliphatic heterocycles. The van der Waals surface area contributed by atoms with Crippen LogP contribution in [0.5, 0.6) is 0 Å². The van der Waals surface area contributed by atoms with Gasteiger partial charge in [-0.15, -0.1) is 0 Å². The van der Waals surface area contributed by atoms with Crippen molar-refractivity contribution in [1.29, 1.82) is 0 Å². The molecule has 1 saturated heterocycles. The molecule has 0 spiro atoms. The van der Waals surface area contributed by atoms with Crippen molar-refractivity contribution in [2.75, 3.05) is 18.0 Å². The summed E-state index contributed by atoms with van der Waals surface area (Å²) in [6, 6.07) is 6.95. The Labute approximate surface area is 110 Å². The molecule has 0 saturated carbocycles. The highest BCUT2D eigenvalue weighted by atomic mass is 16.2. The Morgan fingerprint density at radius 1 is 1.32 bits per heavy atom. The minimum absolute atomic E-state index is 0.0389. The number of nitrogens with one attached hydrogen (secondary N) is 1. The molecule has 0 atom stereocenters. The van der Waals surface area contributed by atoms with E-state index in [0.717, 1.165) is 5.69 Å². The van der Waals surface area contributed by atoms with Crippen molar-refractivity contribution in [3.8, 4) is 0 Å². The molecule has 1 aromatic carbocycles. The van der Waals surface area contributed by atoms with Crippen molar-refractivity contribution in [1.82, 2.24) is 5.32 Å². The summed E-state index contributed by atoms with van der Waals surface area (Å²) in [5.74, 6) is -0.195. The SMILES string of the molecule is NC(N)=NC(N)=Nc1cccc(N2CCNC2=O)c1. The number of rotatable bonds is 2. The van der Waals surface area contributed by atoms with Gasteiger partial charge in [-0.1, -0.05) is 6.07 Å². The van der Waals surface area contributed by atoms with E-state index in [2.05, 4.69) is 15.3 Å². The van der Waals surface area contributed by atoms with E-state index in [1.807, 2.05) is 6.07 Å². The number of anilines is 1. The smallest absolute Gasteiger partial charge is 0.321 e. The number of benzene rings is 1. The summed E-state index contributed by atoms with van der Waals surface area (Å²) in [7, 11) is 0. The van der Waals surface area contributed by atoms with Gasteiger partial charge in [-0.25, -0.2) is 9.79 Å². The molecular weight excluding hydrogens is 246 g/mol. The molecule has 0 unspecified atom stereocenters. The number of aliphatic imine (C=N–C) groups is 2. The van der Waals surface area contributed by atoms with Crippen molar-refractivity contribution < 1.29 is 4.79 Å². The monoisotopic (exact) mass is 261 g/mol. The highest BCUT2D eigenvalue weighted by Gasteiger charge is 2.20. The number of carbonyl (C=O) groups excluding carboxylic acids is 1. The molecule has 0 radical (unpaired) electrons. The number of nitrogens with zero attached hydrogens (tertiary/aromatic N) is 3. The van der Waals surface area contributed by atoms with E-state index in [1.165, 1.54) is 0 Å². The molecule has 100 valence electrons. The number of carbonyl (C=O) groups is 1. The van der Waals surface area contributed by atoms with Crippen LogP contribution in [0.2, 0.25) is 0 Å². The average Bonchev–Trinajstić information content (AvgIpc) is 2.74. The first-order valence-electron chi connectivity index (χ1n) is 5.65. The van der Waals surface area contributed by atoms with Gasteiger partial charge in [0.05, 0.1) is 5.69 Å². The first-order valence-corrected chi connectivity index (χ1v) is 5.65. The molecule has 2 rings (SSSR count). The molecule has 7 N–H and O–H groups in total. The topological polar surface area (TPSA) is 135 Å². The van der Waals surface area contributed by atoms with Crippen molar-refractivity contribution >= 4 is 29.3 Å². The van der Waals surface area contributed by atoms with Crippen molar-refractivity contribution in [3.05, 3.63) is 24.3 Å². The van der Waals surface area contributed by atoms with Crippen molar-refractivity contribution in [2.45, 2.75) is 0 Å². The molecule has 1 aliphatic rings. The number of guanidine groups is 2. The van der Waals surface area contributed by atoms with E-state index in [0.29, 0.717) is 18.8 Å². The third-order valence-corrected chi connectivity index (χ3v) is 2.49. The molecule has 8 nitrogen and oxygen atoms in total. The Morgan fingerprint density at radius 3 is 2.74 bits per heavy atom. The zero-order chi connectivity index (χ0) is 13.8. The summed E-state index contributed by atoms with van der Waals surface area (Å²) in [5, 5.41) is 2.73.